The molecule has 4 heteroatoms. The average Bonchev–Trinajstić information content (AvgIpc) is 3.61. The molecule has 0 aliphatic carbocycles. The van der Waals surface area contributed by atoms with Gasteiger partial charge in [0, 0.05) is 32.4 Å². The van der Waals surface area contributed by atoms with E-state index in [9.17, 15) is 0 Å². The Kier molecular flexibility index (Phi) is 8.23. The first-order valence-corrected chi connectivity index (χ1v) is 23.4. The summed E-state index contributed by atoms with van der Waals surface area (Å²) >= 11 is 1.95. The Morgan fingerprint density at radius 3 is 1.74 bits per heavy atom. The van der Waals surface area contributed by atoms with Crippen molar-refractivity contribution in [2.45, 2.75) is 105 Å². The van der Waals surface area contributed by atoms with Gasteiger partial charge in [-0.1, -0.05) is 174 Å². The van der Waals surface area contributed by atoms with Crippen LogP contribution in [0.1, 0.15) is 105 Å². The van der Waals surface area contributed by atoms with Gasteiger partial charge in [-0.05, 0) is 124 Å². The fourth-order valence-electron chi connectivity index (χ4n) is 10.7. The molecule has 0 spiro atoms. The monoisotopic (exact) mass is 824 g/mol. The van der Waals surface area contributed by atoms with Gasteiger partial charge in [0.05, 0.1) is 16.4 Å². The summed E-state index contributed by atoms with van der Waals surface area (Å²) in [5, 5.41) is 10.7. The third-order valence-corrected chi connectivity index (χ3v) is 15.1. The van der Waals surface area contributed by atoms with Crippen LogP contribution in [0, 0.1) is 0 Å². The highest BCUT2D eigenvalue weighted by Gasteiger charge is 2.49. The van der Waals surface area contributed by atoms with Gasteiger partial charge >= 0.3 is 6.85 Å². The standard InChI is InChI=1S/C58H57BN2S/c1-55(2,3)36-23-26-39(27-24-36)61-45-30-25-37(56(4,5)6)33-43(45)50-41-28-21-34-31-38(57(7,8)9)32-35-22-29-42(49(41)48(34)35)53-52(50)59(61)51-40-17-13-16-20-47(40)62-54(51)60(53)46-19-15-14-18-44(46)58(10,11)12/h13-33H,1-12H3. The van der Waals surface area contributed by atoms with Crippen LogP contribution in [0.2, 0.25) is 0 Å². The van der Waals surface area contributed by atoms with Gasteiger partial charge in [-0.3, -0.25) is 0 Å². The maximum absolute atomic E-state index is 2.71. The van der Waals surface area contributed by atoms with Gasteiger partial charge in [0.2, 0.25) is 0 Å². The first-order valence-electron chi connectivity index (χ1n) is 22.6. The first-order chi connectivity index (χ1) is 29.3. The summed E-state index contributed by atoms with van der Waals surface area (Å²) in [4.78, 5) is 5.42. The van der Waals surface area contributed by atoms with Crippen LogP contribution in [0.5, 0.6) is 0 Å². The minimum Gasteiger partial charge on any atom is -0.376 e. The lowest BCUT2D eigenvalue weighted by Gasteiger charge is -2.46. The summed E-state index contributed by atoms with van der Waals surface area (Å²) in [6.07, 6.45) is 0. The summed E-state index contributed by atoms with van der Waals surface area (Å²) in [6, 6.07) is 50.0. The van der Waals surface area contributed by atoms with Crippen LogP contribution in [0.25, 0.3) is 53.5 Å². The second-order valence-electron chi connectivity index (χ2n) is 22.3. The molecule has 3 heterocycles. The molecular formula is C58H57BN2S. The molecule has 62 heavy (non-hydrogen) atoms. The van der Waals surface area contributed by atoms with E-state index >= 15 is 0 Å². The van der Waals surface area contributed by atoms with E-state index < -0.39 is 0 Å². The van der Waals surface area contributed by atoms with Crippen LogP contribution >= 0.6 is 11.3 Å². The van der Waals surface area contributed by atoms with E-state index in [2.05, 4.69) is 220 Å². The van der Waals surface area contributed by atoms with Crippen LogP contribution in [-0.4, -0.2) is 6.85 Å². The van der Waals surface area contributed by atoms with E-state index in [1.807, 2.05) is 11.3 Å². The van der Waals surface area contributed by atoms with Gasteiger partial charge in [0.1, 0.15) is 0 Å². The fraction of sp³-hybridized carbons (Fsp3) is 0.276. The molecule has 0 unspecified atom stereocenters. The summed E-state index contributed by atoms with van der Waals surface area (Å²) in [5.74, 6) is 0. The summed E-state index contributed by atoms with van der Waals surface area (Å²) in [6.45, 7) is 28.0. The number of hydrogen-bond acceptors (Lipinski definition) is 3. The SMILES string of the molecule is CC(C)(C)c1ccc(N2B3c4c(c5ccc6cc(C(C)(C)C)cc7ccc(c4N(c4ccccc4C(C)(C)C)c4sc8ccccc8c43)c5c67)-c3cc(C(C)(C)C)ccc32)cc1. The van der Waals surface area contributed by atoms with E-state index in [1.54, 1.807) is 0 Å². The normalized spacial score (nSPS) is 14.4. The highest BCUT2D eigenvalue weighted by Crippen LogP contribution is 2.56. The van der Waals surface area contributed by atoms with Crippen molar-refractivity contribution < 1.29 is 0 Å². The molecule has 9 aromatic rings. The van der Waals surface area contributed by atoms with Crippen molar-refractivity contribution in [3.8, 4) is 11.1 Å². The maximum Gasteiger partial charge on any atom is 0.334 e. The zero-order chi connectivity index (χ0) is 43.4. The van der Waals surface area contributed by atoms with Gasteiger partial charge in [-0.15, -0.1) is 11.3 Å². The lowest BCUT2D eigenvalue weighted by Crippen LogP contribution is -2.61. The minimum atomic E-state index is -0.0907. The van der Waals surface area contributed by atoms with E-state index in [0.717, 1.165) is 0 Å². The highest BCUT2D eigenvalue weighted by molar-refractivity contribution is 7.26. The number of fused-ring (bicyclic) bond motifs is 8. The number of nitrogens with zero attached hydrogens (tertiary/aromatic N) is 2. The Morgan fingerprint density at radius 2 is 1.08 bits per heavy atom. The molecule has 0 bridgehead atoms. The number of anilines is 5. The number of thiophene rings is 1. The van der Waals surface area contributed by atoms with Crippen molar-refractivity contribution in [3.05, 3.63) is 150 Å². The van der Waals surface area contributed by atoms with Crippen LogP contribution in [0.15, 0.2) is 127 Å². The molecule has 0 radical (unpaired) electrons. The number of hydrogen-bond donors (Lipinski definition) is 0. The third kappa shape index (κ3) is 5.68. The van der Waals surface area contributed by atoms with Crippen LogP contribution in [-0.2, 0) is 21.7 Å². The molecule has 2 nitrogen and oxygen atoms in total. The second-order valence-corrected chi connectivity index (χ2v) is 23.3. The minimum absolute atomic E-state index is 0.0325. The Bertz CT molecular complexity index is 3270. The van der Waals surface area contributed by atoms with Crippen molar-refractivity contribution in [1.82, 2.24) is 0 Å². The predicted molar refractivity (Wildman–Crippen MR) is 274 cm³/mol. The van der Waals surface area contributed by atoms with Crippen molar-refractivity contribution in [3.63, 3.8) is 0 Å². The maximum atomic E-state index is 2.71. The summed E-state index contributed by atoms with van der Waals surface area (Å²) in [7, 11) is 0. The molecule has 1 aromatic heterocycles. The van der Waals surface area contributed by atoms with E-state index in [1.165, 1.54) is 114 Å². The Morgan fingerprint density at radius 1 is 0.468 bits per heavy atom. The quantitative estimate of drug-likeness (QED) is 0.127. The van der Waals surface area contributed by atoms with Crippen LogP contribution in [0.3, 0.4) is 0 Å². The summed E-state index contributed by atoms with van der Waals surface area (Å²) < 4.78 is 1.32. The molecule has 0 saturated carbocycles. The molecule has 0 amide bonds. The predicted octanol–water partition coefficient (Wildman–Crippen LogP) is 15.7. The zero-order valence-corrected chi connectivity index (χ0v) is 39.3. The average molecular weight is 825 g/mol. The number of para-hydroxylation sites is 1. The molecule has 308 valence electrons. The molecular weight excluding hydrogens is 768 g/mol. The second kappa shape index (κ2) is 13.0. The van der Waals surface area contributed by atoms with Crippen LogP contribution in [0.4, 0.5) is 27.8 Å². The van der Waals surface area contributed by atoms with Crippen molar-refractivity contribution in [2.75, 3.05) is 9.71 Å². The molecule has 0 N–H and O–H groups in total. The number of benzene rings is 8. The first kappa shape index (κ1) is 39.3. The van der Waals surface area contributed by atoms with Gasteiger partial charge < -0.3 is 9.71 Å². The van der Waals surface area contributed by atoms with Gasteiger partial charge in [-0.2, -0.15) is 0 Å². The van der Waals surface area contributed by atoms with Crippen molar-refractivity contribution in [2.24, 2.45) is 0 Å². The number of rotatable bonds is 2. The third-order valence-electron chi connectivity index (χ3n) is 14.0. The molecule has 2 aliphatic rings. The molecule has 0 atom stereocenters. The molecule has 11 rings (SSSR count). The van der Waals surface area contributed by atoms with Crippen molar-refractivity contribution in [1.29, 1.82) is 0 Å². The van der Waals surface area contributed by atoms with Gasteiger partial charge in [0.25, 0.3) is 0 Å². The molecule has 0 fully saturated rings. The van der Waals surface area contributed by atoms with E-state index in [4.69, 9.17) is 0 Å². The molecule has 8 aromatic carbocycles. The lowest BCUT2D eigenvalue weighted by molar-refractivity contribution is 0.590. The highest BCUT2D eigenvalue weighted by atomic mass is 32.1. The largest absolute Gasteiger partial charge is 0.376 e. The van der Waals surface area contributed by atoms with E-state index in [-0.39, 0.29) is 28.5 Å². The smallest absolute Gasteiger partial charge is 0.334 e. The van der Waals surface area contributed by atoms with Gasteiger partial charge in [-0.25, -0.2) is 0 Å². The molecule has 0 saturated heterocycles. The van der Waals surface area contributed by atoms with Crippen LogP contribution < -0.4 is 20.6 Å². The van der Waals surface area contributed by atoms with E-state index in [0.29, 0.717) is 0 Å². The fourth-order valence-corrected chi connectivity index (χ4v) is 11.9. The summed E-state index contributed by atoms with van der Waals surface area (Å²) in [5.41, 5.74) is 15.9. The Balaban J connectivity index is 1.38. The topological polar surface area (TPSA) is 6.48 Å². The van der Waals surface area contributed by atoms with Crippen molar-refractivity contribution >= 4 is 99.3 Å². The van der Waals surface area contributed by atoms with Gasteiger partial charge in [0.15, 0.2) is 0 Å². The Labute approximate surface area is 372 Å². The zero-order valence-electron chi connectivity index (χ0n) is 38.5. The Hall–Kier alpha value is -5.58. The lowest BCUT2D eigenvalue weighted by atomic mass is 9.43. The molecule has 2 aliphatic heterocycles.